The van der Waals surface area contributed by atoms with E-state index in [0.29, 0.717) is 18.9 Å². The molecule has 0 unspecified atom stereocenters. The van der Waals surface area contributed by atoms with Crippen molar-refractivity contribution >= 4 is 5.91 Å². The summed E-state index contributed by atoms with van der Waals surface area (Å²) in [5.41, 5.74) is 2.24. The number of amides is 1. The molecule has 1 aromatic rings. The molecule has 17 heavy (non-hydrogen) atoms. The number of hydrogen-bond donors (Lipinski definition) is 1. The van der Waals surface area contributed by atoms with Crippen molar-refractivity contribution in [1.82, 2.24) is 10.3 Å². The number of allylic oxidation sites excluding steroid dienone is 1. The Morgan fingerprint density at radius 2 is 2.35 bits per heavy atom. The molecule has 3 heteroatoms. The quantitative estimate of drug-likeness (QED) is 0.763. The molecule has 1 fully saturated rings. The Labute approximate surface area is 102 Å². The molecule has 1 heterocycles. The van der Waals surface area contributed by atoms with Crippen LogP contribution in [0.4, 0.5) is 0 Å². The van der Waals surface area contributed by atoms with E-state index >= 15 is 0 Å². The molecule has 1 aromatic heterocycles. The van der Waals surface area contributed by atoms with Crippen molar-refractivity contribution < 1.29 is 4.79 Å². The Kier molecular flexibility index (Phi) is 3.91. The minimum atomic E-state index is 0.0659. The molecule has 0 bridgehead atoms. The topological polar surface area (TPSA) is 42.0 Å². The summed E-state index contributed by atoms with van der Waals surface area (Å²) < 4.78 is 0. The highest BCUT2D eigenvalue weighted by Gasteiger charge is 2.24. The fourth-order valence-electron chi connectivity index (χ4n) is 1.68. The first-order chi connectivity index (χ1) is 8.29. The van der Waals surface area contributed by atoms with E-state index in [1.165, 1.54) is 18.5 Å². The van der Waals surface area contributed by atoms with E-state index in [0.717, 1.165) is 12.0 Å². The van der Waals surface area contributed by atoms with Crippen LogP contribution in [-0.2, 0) is 11.3 Å². The lowest BCUT2D eigenvalue weighted by Gasteiger charge is -2.05. The molecule has 1 N–H and O–H groups in total. The molecule has 1 aliphatic carbocycles. The summed E-state index contributed by atoms with van der Waals surface area (Å²) in [7, 11) is 0. The van der Waals surface area contributed by atoms with Gasteiger partial charge in [-0.25, -0.2) is 0 Å². The lowest BCUT2D eigenvalue weighted by molar-refractivity contribution is -0.121. The third kappa shape index (κ3) is 3.70. The van der Waals surface area contributed by atoms with Gasteiger partial charge in [0.05, 0.1) is 0 Å². The molecule has 2 rings (SSSR count). The van der Waals surface area contributed by atoms with Crippen molar-refractivity contribution in [3.05, 3.63) is 42.2 Å². The Hall–Kier alpha value is -1.64. The molecular weight excluding hydrogens is 212 g/mol. The van der Waals surface area contributed by atoms with Crippen molar-refractivity contribution in [2.45, 2.75) is 38.1 Å². The molecule has 0 spiro atoms. The van der Waals surface area contributed by atoms with E-state index in [2.05, 4.69) is 29.0 Å². The Morgan fingerprint density at radius 1 is 1.53 bits per heavy atom. The van der Waals surface area contributed by atoms with E-state index in [1.807, 2.05) is 6.20 Å². The first-order valence-corrected chi connectivity index (χ1v) is 6.12. The number of carbonyl (C=O) groups is 1. The van der Waals surface area contributed by atoms with Gasteiger partial charge in [-0.15, -0.1) is 6.58 Å². The van der Waals surface area contributed by atoms with Crippen LogP contribution >= 0.6 is 0 Å². The van der Waals surface area contributed by atoms with Crippen molar-refractivity contribution in [2.75, 3.05) is 0 Å². The van der Waals surface area contributed by atoms with Gasteiger partial charge in [0.15, 0.2) is 0 Å². The monoisotopic (exact) mass is 230 g/mol. The molecular formula is C14H18N2O. The molecule has 1 aliphatic rings. The van der Waals surface area contributed by atoms with Crippen LogP contribution in [0.15, 0.2) is 31.0 Å². The van der Waals surface area contributed by atoms with Crippen LogP contribution in [0.3, 0.4) is 0 Å². The second-order valence-corrected chi connectivity index (χ2v) is 4.47. The Bertz CT molecular complexity index is 393. The van der Waals surface area contributed by atoms with E-state index < -0.39 is 0 Å². The van der Waals surface area contributed by atoms with Crippen molar-refractivity contribution in [1.29, 1.82) is 0 Å². The normalized spacial score (nSPS) is 14.4. The summed E-state index contributed by atoms with van der Waals surface area (Å²) in [6, 6.07) is 4.12. The smallest absolute Gasteiger partial charge is 0.220 e. The van der Waals surface area contributed by atoms with Gasteiger partial charge in [0.1, 0.15) is 0 Å². The second kappa shape index (κ2) is 5.62. The Balaban J connectivity index is 1.78. The van der Waals surface area contributed by atoms with E-state index in [1.54, 1.807) is 6.08 Å². The summed E-state index contributed by atoms with van der Waals surface area (Å²) >= 11 is 0. The first-order valence-electron chi connectivity index (χ1n) is 6.12. The van der Waals surface area contributed by atoms with E-state index in [-0.39, 0.29) is 5.91 Å². The van der Waals surface area contributed by atoms with Crippen LogP contribution in [0.5, 0.6) is 0 Å². The molecule has 3 nitrogen and oxygen atoms in total. The molecule has 0 aliphatic heterocycles. The summed E-state index contributed by atoms with van der Waals surface area (Å²) in [4.78, 5) is 15.8. The average molecular weight is 230 g/mol. The minimum Gasteiger partial charge on any atom is -0.352 e. The highest BCUT2D eigenvalue weighted by Crippen LogP contribution is 2.38. The van der Waals surface area contributed by atoms with Gasteiger partial charge in [-0.05, 0) is 30.9 Å². The highest BCUT2D eigenvalue weighted by atomic mass is 16.1. The van der Waals surface area contributed by atoms with Crippen molar-refractivity contribution in [3.63, 3.8) is 0 Å². The van der Waals surface area contributed by atoms with Crippen LogP contribution in [0, 0.1) is 0 Å². The molecule has 0 saturated heterocycles. The molecule has 90 valence electrons. The zero-order valence-corrected chi connectivity index (χ0v) is 9.98. The lowest BCUT2D eigenvalue weighted by atomic mass is 10.2. The summed E-state index contributed by atoms with van der Waals surface area (Å²) in [5, 5.41) is 2.87. The van der Waals surface area contributed by atoms with Gasteiger partial charge >= 0.3 is 0 Å². The highest BCUT2D eigenvalue weighted by molar-refractivity contribution is 5.75. The SMILES string of the molecule is C=CCCC(=O)NCc1ccc(C2CC2)nc1. The predicted molar refractivity (Wildman–Crippen MR) is 67.5 cm³/mol. The molecule has 0 atom stereocenters. The van der Waals surface area contributed by atoms with Gasteiger partial charge in [-0.2, -0.15) is 0 Å². The van der Waals surface area contributed by atoms with Crippen LogP contribution < -0.4 is 5.32 Å². The van der Waals surface area contributed by atoms with Gasteiger partial charge in [-0.3, -0.25) is 9.78 Å². The number of hydrogen-bond acceptors (Lipinski definition) is 2. The zero-order chi connectivity index (χ0) is 12.1. The van der Waals surface area contributed by atoms with Crippen molar-refractivity contribution in [3.8, 4) is 0 Å². The zero-order valence-electron chi connectivity index (χ0n) is 9.98. The third-order valence-electron chi connectivity index (χ3n) is 2.91. The van der Waals surface area contributed by atoms with E-state index in [4.69, 9.17) is 0 Å². The van der Waals surface area contributed by atoms with Gasteiger partial charge < -0.3 is 5.32 Å². The predicted octanol–water partition coefficient (Wildman–Crippen LogP) is 2.54. The fourth-order valence-corrected chi connectivity index (χ4v) is 1.68. The van der Waals surface area contributed by atoms with Crippen LogP contribution in [0.1, 0.15) is 42.9 Å². The summed E-state index contributed by atoms with van der Waals surface area (Å²) in [6.07, 6.45) is 7.39. The number of aromatic nitrogens is 1. The molecule has 0 aromatic carbocycles. The first kappa shape index (κ1) is 11.8. The van der Waals surface area contributed by atoms with E-state index in [9.17, 15) is 4.79 Å². The van der Waals surface area contributed by atoms with Gasteiger partial charge in [-0.1, -0.05) is 12.1 Å². The summed E-state index contributed by atoms with van der Waals surface area (Å²) in [5.74, 6) is 0.752. The molecule has 0 radical (unpaired) electrons. The maximum absolute atomic E-state index is 11.4. The van der Waals surface area contributed by atoms with Crippen LogP contribution in [0.2, 0.25) is 0 Å². The maximum atomic E-state index is 11.4. The largest absolute Gasteiger partial charge is 0.352 e. The van der Waals surface area contributed by atoms with Crippen molar-refractivity contribution in [2.24, 2.45) is 0 Å². The lowest BCUT2D eigenvalue weighted by Crippen LogP contribution is -2.22. The van der Waals surface area contributed by atoms with Gasteiger partial charge in [0.25, 0.3) is 0 Å². The number of nitrogens with one attached hydrogen (secondary N) is 1. The van der Waals surface area contributed by atoms with Crippen LogP contribution in [0.25, 0.3) is 0 Å². The Morgan fingerprint density at radius 3 is 2.94 bits per heavy atom. The number of rotatable bonds is 6. The molecule has 1 amide bonds. The van der Waals surface area contributed by atoms with Gasteiger partial charge in [0.2, 0.25) is 5.91 Å². The van der Waals surface area contributed by atoms with Crippen LogP contribution in [-0.4, -0.2) is 10.9 Å². The summed E-state index contributed by atoms with van der Waals surface area (Å²) in [6.45, 7) is 4.16. The second-order valence-electron chi connectivity index (χ2n) is 4.47. The number of pyridine rings is 1. The standard InChI is InChI=1S/C14H18N2O/c1-2-3-4-14(17)16-10-11-5-8-13(15-9-11)12-6-7-12/h2,5,8-9,12H,1,3-4,6-7,10H2,(H,16,17). The molecule has 1 saturated carbocycles. The third-order valence-corrected chi connectivity index (χ3v) is 2.91. The fraction of sp³-hybridized carbons (Fsp3) is 0.429. The van der Waals surface area contributed by atoms with Gasteiger partial charge in [0, 0.05) is 30.8 Å². The maximum Gasteiger partial charge on any atom is 0.220 e. The minimum absolute atomic E-state index is 0.0659. The average Bonchev–Trinajstić information content (AvgIpc) is 3.19. The number of carbonyl (C=O) groups excluding carboxylic acids is 1. The number of nitrogens with zero attached hydrogens (tertiary/aromatic N) is 1.